The second-order valence-corrected chi connectivity index (χ2v) is 9.30. The number of hydrogen-bond acceptors (Lipinski definition) is 7. The summed E-state index contributed by atoms with van der Waals surface area (Å²) in [4.78, 5) is 19.7. The maximum absolute atomic E-state index is 6.46. The van der Waals surface area contributed by atoms with Gasteiger partial charge < -0.3 is 9.64 Å². The highest BCUT2D eigenvalue weighted by molar-refractivity contribution is 7.16. The Balaban J connectivity index is 1.28. The van der Waals surface area contributed by atoms with Gasteiger partial charge in [0.05, 0.1) is 23.8 Å². The van der Waals surface area contributed by atoms with Crippen LogP contribution in [-0.4, -0.2) is 52.7 Å². The Bertz CT molecular complexity index is 1040. The van der Waals surface area contributed by atoms with Crippen molar-refractivity contribution in [2.24, 2.45) is 0 Å². The molecule has 0 unspecified atom stereocenters. The lowest BCUT2D eigenvalue weighted by Gasteiger charge is -2.27. The predicted octanol–water partition coefficient (Wildman–Crippen LogP) is 4.30. The van der Waals surface area contributed by atoms with Gasteiger partial charge in [0.15, 0.2) is 11.0 Å². The lowest BCUT2D eigenvalue weighted by atomic mass is 10.1. The van der Waals surface area contributed by atoms with Gasteiger partial charge in [0, 0.05) is 61.5 Å². The average molecular weight is 462 g/mol. The van der Waals surface area contributed by atoms with Crippen LogP contribution >= 0.6 is 34.5 Å². The van der Waals surface area contributed by atoms with Gasteiger partial charge in [-0.25, -0.2) is 15.0 Å². The number of aromatic nitrogens is 3. The van der Waals surface area contributed by atoms with Crippen LogP contribution in [0.4, 0.5) is 5.13 Å². The fraction of sp³-hybridized carbons (Fsp3) is 0.381. The second-order valence-electron chi connectivity index (χ2n) is 7.44. The first kappa shape index (κ1) is 20.2. The van der Waals surface area contributed by atoms with E-state index >= 15 is 0 Å². The van der Waals surface area contributed by atoms with E-state index in [1.807, 2.05) is 30.5 Å². The van der Waals surface area contributed by atoms with Crippen molar-refractivity contribution in [3.8, 4) is 11.4 Å². The van der Waals surface area contributed by atoms with Gasteiger partial charge in [-0.15, -0.1) is 0 Å². The van der Waals surface area contributed by atoms with Crippen LogP contribution in [0.5, 0.6) is 0 Å². The fourth-order valence-electron chi connectivity index (χ4n) is 3.76. The van der Waals surface area contributed by atoms with Crippen molar-refractivity contribution in [3.05, 3.63) is 56.8 Å². The van der Waals surface area contributed by atoms with Crippen LogP contribution in [0.1, 0.15) is 16.1 Å². The molecule has 156 valence electrons. The first-order valence-corrected chi connectivity index (χ1v) is 11.5. The quantitative estimate of drug-likeness (QED) is 0.577. The number of rotatable bonds is 4. The van der Waals surface area contributed by atoms with Crippen LogP contribution in [0.25, 0.3) is 11.4 Å². The van der Waals surface area contributed by atoms with Crippen molar-refractivity contribution in [1.82, 2.24) is 19.9 Å². The summed E-state index contributed by atoms with van der Waals surface area (Å²) in [5, 5.41) is 2.32. The second kappa shape index (κ2) is 8.77. The minimum Gasteiger partial charge on any atom is -0.378 e. The molecule has 2 aromatic heterocycles. The van der Waals surface area contributed by atoms with Crippen molar-refractivity contribution in [3.63, 3.8) is 0 Å². The Labute approximate surface area is 189 Å². The summed E-state index contributed by atoms with van der Waals surface area (Å²) in [6.45, 7) is 5.77. The molecule has 1 fully saturated rings. The minimum atomic E-state index is 0.613. The number of benzene rings is 1. The first-order chi connectivity index (χ1) is 14.7. The van der Waals surface area contributed by atoms with Crippen LogP contribution in [0, 0.1) is 0 Å². The molecule has 6 nitrogen and oxygen atoms in total. The van der Waals surface area contributed by atoms with Gasteiger partial charge in [0.1, 0.15) is 5.15 Å². The highest BCUT2D eigenvalue weighted by Gasteiger charge is 2.23. The van der Waals surface area contributed by atoms with E-state index in [2.05, 4.69) is 19.8 Å². The summed E-state index contributed by atoms with van der Waals surface area (Å²) in [6, 6.07) is 7.64. The fourth-order valence-corrected chi connectivity index (χ4v) is 5.24. The first-order valence-electron chi connectivity index (χ1n) is 9.97. The standard InChI is InChI=1S/C21H21Cl2N5OS/c22-16-3-1-14(2-4-16)20-24-11-15-12-27(6-5-17(15)25-20)13-18-19(23)26-21(30-18)28-7-9-29-10-8-28/h1-4,11H,5-10,12-13H2. The van der Waals surface area contributed by atoms with Gasteiger partial charge >= 0.3 is 0 Å². The molecule has 4 heterocycles. The maximum atomic E-state index is 6.46. The van der Waals surface area contributed by atoms with E-state index in [0.29, 0.717) is 10.2 Å². The molecule has 30 heavy (non-hydrogen) atoms. The smallest absolute Gasteiger partial charge is 0.187 e. The molecular formula is C21H21Cl2N5OS. The van der Waals surface area contributed by atoms with Crippen LogP contribution in [0.15, 0.2) is 30.5 Å². The van der Waals surface area contributed by atoms with Gasteiger partial charge in [-0.3, -0.25) is 4.90 Å². The zero-order chi connectivity index (χ0) is 20.5. The molecule has 2 aliphatic rings. The van der Waals surface area contributed by atoms with E-state index in [4.69, 9.17) is 32.9 Å². The van der Waals surface area contributed by atoms with Gasteiger partial charge in [0.2, 0.25) is 0 Å². The number of morpholine rings is 1. The summed E-state index contributed by atoms with van der Waals surface area (Å²) in [5.41, 5.74) is 3.28. The van der Waals surface area contributed by atoms with Crippen LogP contribution in [-0.2, 0) is 24.2 Å². The van der Waals surface area contributed by atoms with E-state index in [1.54, 1.807) is 11.3 Å². The van der Waals surface area contributed by atoms with E-state index in [1.165, 1.54) is 5.56 Å². The Kier molecular flexibility index (Phi) is 5.89. The number of halogens is 2. The molecular weight excluding hydrogens is 441 g/mol. The topological polar surface area (TPSA) is 54.4 Å². The molecule has 0 N–H and O–H groups in total. The summed E-state index contributed by atoms with van der Waals surface area (Å²) >= 11 is 14.1. The molecule has 1 saturated heterocycles. The van der Waals surface area contributed by atoms with Crippen molar-refractivity contribution in [2.75, 3.05) is 37.7 Å². The maximum Gasteiger partial charge on any atom is 0.187 e. The van der Waals surface area contributed by atoms with E-state index in [0.717, 1.165) is 79.4 Å². The van der Waals surface area contributed by atoms with Gasteiger partial charge in [-0.1, -0.05) is 34.5 Å². The van der Waals surface area contributed by atoms with Crippen LogP contribution in [0.2, 0.25) is 10.2 Å². The number of anilines is 1. The van der Waals surface area contributed by atoms with Crippen molar-refractivity contribution < 1.29 is 4.74 Å². The molecule has 3 aromatic rings. The summed E-state index contributed by atoms with van der Waals surface area (Å²) < 4.78 is 5.43. The molecule has 0 aliphatic carbocycles. The van der Waals surface area contributed by atoms with Gasteiger partial charge in [-0.2, -0.15) is 0 Å². The Hall–Kier alpha value is -1.77. The molecule has 9 heteroatoms. The summed E-state index contributed by atoms with van der Waals surface area (Å²) in [5.74, 6) is 0.750. The molecule has 5 rings (SSSR count). The van der Waals surface area contributed by atoms with Gasteiger partial charge in [-0.05, 0) is 24.3 Å². The Morgan fingerprint density at radius 1 is 1.03 bits per heavy atom. The molecule has 2 aliphatic heterocycles. The molecule has 0 spiro atoms. The Morgan fingerprint density at radius 2 is 1.83 bits per heavy atom. The number of ether oxygens (including phenoxy) is 1. The number of thiazole rings is 1. The highest BCUT2D eigenvalue weighted by atomic mass is 35.5. The third-order valence-corrected chi connectivity index (χ3v) is 7.18. The third-order valence-electron chi connectivity index (χ3n) is 5.40. The SMILES string of the molecule is Clc1ccc(-c2ncc3c(n2)CCN(Cc2sc(N4CCOCC4)nc2Cl)C3)cc1. The van der Waals surface area contributed by atoms with Crippen molar-refractivity contribution in [1.29, 1.82) is 0 Å². The molecule has 1 aromatic carbocycles. The predicted molar refractivity (Wildman–Crippen MR) is 120 cm³/mol. The van der Waals surface area contributed by atoms with E-state index < -0.39 is 0 Å². The van der Waals surface area contributed by atoms with E-state index in [-0.39, 0.29) is 0 Å². The zero-order valence-electron chi connectivity index (χ0n) is 16.4. The number of nitrogens with zero attached hydrogens (tertiary/aromatic N) is 5. The van der Waals surface area contributed by atoms with Gasteiger partial charge in [0.25, 0.3) is 0 Å². The van der Waals surface area contributed by atoms with E-state index in [9.17, 15) is 0 Å². The number of fused-ring (bicyclic) bond motifs is 1. The summed E-state index contributed by atoms with van der Waals surface area (Å²) in [7, 11) is 0. The van der Waals surface area contributed by atoms with Crippen LogP contribution < -0.4 is 4.90 Å². The monoisotopic (exact) mass is 461 g/mol. The zero-order valence-corrected chi connectivity index (χ0v) is 18.7. The van der Waals surface area contributed by atoms with Crippen molar-refractivity contribution in [2.45, 2.75) is 19.5 Å². The average Bonchev–Trinajstić information content (AvgIpc) is 3.15. The highest BCUT2D eigenvalue weighted by Crippen LogP contribution is 2.32. The normalized spacial score (nSPS) is 17.2. The molecule has 0 bridgehead atoms. The minimum absolute atomic E-state index is 0.613. The largest absolute Gasteiger partial charge is 0.378 e. The third kappa shape index (κ3) is 4.31. The molecule has 0 amide bonds. The van der Waals surface area contributed by atoms with Crippen LogP contribution in [0.3, 0.4) is 0 Å². The molecule has 0 radical (unpaired) electrons. The Morgan fingerprint density at radius 3 is 2.63 bits per heavy atom. The summed E-state index contributed by atoms with van der Waals surface area (Å²) in [6.07, 6.45) is 2.84. The molecule has 0 saturated carbocycles. The molecule has 0 atom stereocenters. The lowest BCUT2D eigenvalue weighted by molar-refractivity contribution is 0.122. The number of hydrogen-bond donors (Lipinski definition) is 0. The lowest BCUT2D eigenvalue weighted by Crippen LogP contribution is -2.36. The van der Waals surface area contributed by atoms with Crippen molar-refractivity contribution >= 4 is 39.7 Å².